The Morgan fingerprint density at radius 3 is 2.42 bits per heavy atom. The van der Waals surface area contributed by atoms with E-state index in [9.17, 15) is 9.59 Å². The average molecular weight is 396 g/mol. The van der Waals surface area contributed by atoms with E-state index in [1.807, 2.05) is 16.8 Å². The molecule has 0 aliphatic heterocycles. The maximum Gasteiger partial charge on any atom is 0.251 e. The Balaban J connectivity index is 1.65. The van der Waals surface area contributed by atoms with Gasteiger partial charge in [-0.1, -0.05) is 23.2 Å². The molecule has 7 heteroatoms. The van der Waals surface area contributed by atoms with Crippen molar-refractivity contribution in [3.05, 3.63) is 78.1 Å². The molecule has 0 fully saturated rings. The van der Waals surface area contributed by atoms with Crippen LogP contribution in [0, 0.1) is 0 Å². The highest BCUT2D eigenvalue weighted by Crippen LogP contribution is 2.22. The summed E-state index contributed by atoms with van der Waals surface area (Å²) in [6.07, 6.45) is 0. The Hall–Kier alpha value is -1.66. The van der Waals surface area contributed by atoms with Gasteiger partial charge in [0, 0.05) is 31.4 Å². The number of thiophene rings is 2. The predicted molar refractivity (Wildman–Crippen MR) is 99.7 cm³/mol. The van der Waals surface area contributed by atoms with E-state index < -0.39 is 0 Å². The second-order valence-electron chi connectivity index (χ2n) is 4.95. The molecule has 24 heavy (non-hydrogen) atoms. The number of benzene rings is 1. The first-order valence-corrected chi connectivity index (χ1v) is 9.44. The van der Waals surface area contributed by atoms with Gasteiger partial charge >= 0.3 is 0 Å². The van der Waals surface area contributed by atoms with E-state index >= 15 is 0 Å². The van der Waals surface area contributed by atoms with E-state index in [4.69, 9.17) is 23.2 Å². The fourth-order valence-corrected chi connectivity index (χ4v) is 4.16. The minimum absolute atomic E-state index is 0.000416. The average Bonchev–Trinajstić information content (AvgIpc) is 3.22. The third kappa shape index (κ3) is 4.05. The van der Waals surface area contributed by atoms with E-state index in [1.165, 1.54) is 22.7 Å². The minimum atomic E-state index is -0.265. The third-order valence-corrected chi connectivity index (χ3v) is 5.42. The number of nitrogens with one attached hydrogen (secondary N) is 1. The first kappa shape index (κ1) is 17.2. The molecule has 0 atom stereocenters. The molecule has 0 saturated carbocycles. The number of halogens is 2. The van der Waals surface area contributed by atoms with Crippen molar-refractivity contribution in [1.82, 2.24) is 5.32 Å². The number of carbonyl (C=O) groups excluding carboxylic acids is 2. The molecule has 0 aliphatic rings. The number of hydrogen-bond acceptors (Lipinski definition) is 4. The number of hydrogen-bond donors (Lipinski definition) is 1. The van der Waals surface area contributed by atoms with Gasteiger partial charge in [0.25, 0.3) is 5.91 Å². The van der Waals surface area contributed by atoms with Crippen molar-refractivity contribution in [2.24, 2.45) is 0 Å². The van der Waals surface area contributed by atoms with Crippen LogP contribution >= 0.6 is 45.9 Å². The molecular formula is C17H11Cl2NO2S2. The van der Waals surface area contributed by atoms with Crippen LogP contribution in [0.1, 0.15) is 30.5 Å². The fraction of sp³-hybridized carbons (Fsp3) is 0.0588. The van der Waals surface area contributed by atoms with Gasteiger partial charge in [0.05, 0.1) is 11.4 Å². The van der Waals surface area contributed by atoms with Crippen LogP contribution in [0.4, 0.5) is 0 Å². The van der Waals surface area contributed by atoms with Crippen molar-refractivity contribution in [2.75, 3.05) is 0 Å². The lowest BCUT2D eigenvalue weighted by atomic mass is 10.2. The van der Waals surface area contributed by atoms with Crippen molar-refractivity contribution >= 4 is 57.6 Å². The maximum absolute atomic E-state index is 12.3. The van der Waals surface area contributed by atoms with Crippen molar-refractivity contribution < 1.29 is 9.59 Å². The predicted octanol–water partition coefficient (Wildman–Crippen LogP) is 5.28. The van der Waals surface area contributed by atoms with Gasteiger partial charge in [0.1, 0.15) is 0 Å². The molecule has 0 aliphatic carbocycles. The maximum atomic E-state index is 12.3. The zero-order chi connectivity index (χ0) is 17.1. The van der Waals surface area contributed by atoms with E-state index in [1.54, 1.807) is 30.3 Å². The van der Waals surface area contributed by atoms with Crippen LogP contribution < -0.4 is 5.32 Å². The summed E-state index contributed by atoms with van der Waals surface area (Å²) in [4.78, 5) is 26.0. The Morgan fingerprint density at radius 2 is 1.75 bits per heavy atom. The van der Waals surface area contributed by atoms with E-state index in [2.05, 4.69) is 5.32 Å². The first-order chi connectivity index (χ1) is 11.5. The summed E-state index contributed by atoms with van der Waals surface area (Å²) in [6.45, 7) is 0.338. The molecule has 1 N–H and O–H groups in total. The Labute approximate surface area is 156 Å². The molecule has 3 rings (SSSR count). The second kappa shape index (κ2) is 7.49. The lowest BCUT2D eigenvalue weighted by Gasteiger charge is -2.05. The third-order valence-electron chi connectivity index (χ3n) is 3.22. The minimum Gasteiger partial charge on any atom is -0.347 e. The molecule has 122 valence electrons. The van der Waals surface area contributed by atoms with Gasteiger partial charge in [-0.3, -0.25) is 9.59 Å². The van der Waals surface area contributed by atoms with Crippen molar-refractivity contribution in [2.45, 2.75) is 6.54 Å². The smallest absolute Gasteiger partial charge is 0.251 e. The van der Waals surface area contributed by atoms with E-state index in [0.717, 1.165) is 4.88 Å². The molecule has 1 amide bonds. The first-order valence-electron chi connectivity index (χ1n) is 6.93. The van der Waals surface area contributed by atoms with Gasteiger partial charge in [-0.25, -0.2) is 0 Å². The van der Waals surface area contributed by atoms with Crippen molar-refractivity contribution in [1.29, 1.82) is 0 Å². The van der Waals surface area contributed by atoms with Crippen molar-refractivity contribution in [3.8, 4) is 0 Å². The van der Waals surface area contributed by atoms with Gasteiger partial charge in [-0.15, -0.1) is 11.3 Å². The Bertz CT molecular complexity index is 868. The number of ketones is 1. The highest BCUT2D eigenvalue weighted by molar-refractivity contribution is 7.14. The molecular weight excluding hydrogens is 385 g/mol. The number of rotatable bonds is 5. The van der Waals surface area contributed by atoms with Crippen LogP contribution in [0.5, 0.6) is 0 Å². The van der Waals surface area contributed by atoms with E-state index in [0.29, 0.717) is 32.6 Å². The highest BCUT2D eigenvalue weighted by atomic mass is 35.5. The fourth-order valence-electron chi connectivity index (χ4n) is 2.09. The topological polar surface area (TPSA) is 46.2 Å². The molecule has 2 aromatic heterocycles. The van der Waals surface area contributed by atoms with Gasteiger partial charge in [0.15, 0.2) is 0 Å². The lowest BCUT2D eigenvalue weighted by molar-refractivity contribution is 0.0950. The summed E-state index contributed by atoms with van der Waals surface area (Å²) in [6, 6.07) is 10.1. The zero-order valence-electron chi connectivity index (χ0n) is 12.2. The van der Waals surface area contributed by atoms with Gasteiger partial charge in [-0.2, -0.15) is 11.3 Å². The highest BCUT2D eigenvalue weighted by Gasteiger charge is 2.13. The van der Waals surface area contributed by atoms with Crippen LogP contribution in [-0.2, 0) is 6.54 Å². The summed E-state index contributed by atoms with van der Waals surface area (Å²) in [5.74, 6) is -0.265. The molecule has 0 unspecified atom stereocenters. The summed E-state index contributed by atoms with van der Waals surface area (Å²) in [5, 5.41) is 7.32. The summed E-state index contributed by atoms with van der Waals surface area (Å²) in [5.41, 5.74) is 1.09. The molecule has 2 heterocycles. The normalized spacial score (nSPS) is 10.6. The summed E-state index contributed by atoms with van der Waals surface area (Å²) < 4.78 is 0. The molecule has 1 aromatic carbocycles. The van der Waals surface area contributed by atoms with Gasteiger partial charge < -0.3 is 5.32 Å². The standard InChI is InChI=1S/C17H11Cl2NO2S2/c18-12-5-11(6-13(19)7-12)17(22)20-8-14-1-2-15(24-14)16(21)10-3-4-23-9-10/h1-7,9H,8H2,(H,20,22). The monoisotopic (exact) mass is 395 g/mol. The Kier molecular flexibility index (Phi) is 5.36. The summed E-state index contributed by atoms with van der Waals surface area (Å²) in [7, 11) is 0. The van der Waals surface area contributed by atoms with Crippen molar-refractivity contribution in [3.63, 3.8) is 0 Å². The lowest BCUT2D eigenvalue weighted by Crippen LogP contribution is -2.22. The molecule has 3 aromatic rings. The molecule has 3 nitrogen and oxygen atoms in total. The van der Waals surface area contributed by atoms with Gasteiger partial charge in [0.2, 0.25) is 5.78 Å². The summed E-state index contributed by atoms with van der Waals surface area (Å²) >= 11 is 14.7. The van der Waals surface area contributed by atoms with E-state index in [-0.39, 0.29) is 11.7 Å². The van der Waals surface area contributed by atoms with Gasteiger partial charge in [-0.05, 0) is 41.8 Å². The quantitative estimate of drug-likeness (QED) is 0.597. The van der Waals surface area contributed by atoms with Crippen LogP contribution in [0.3, 0.4) is 0 Å². The van der Waals surface area contributed by atoms with Crippen LogP contribution in [0.2, 0.25) is 10.0 Å². The van der Waals surface area contributed by atoms with Crippen LogP contribution in [0.15, 0.2) is 47.2 Å². The molecule has 0 bridgehead atoms. The number of amides is 1. The largest absolute Gasteiger partial charge is 0.347 e. The number of carbonyl (C=O) groups is 2. The SMILES string of the molecule is O=C(NCc1ccc(C(=O)c2ccsc2)s1)c1cc(Cl)cc(Cl)c1. The van der Waals surface area contributed by atoms with Crippen LogP contribution in [0.25, 0.3) is 0 Å². The van der Waals surface area contributed by atoms with Crippen LogP contribution in [-0.4, -0.2) is 11.7 Å². The zero-order valence-corrected chi connectivity index (χ0v) is 15.4. The molecule has 0 saturated heterocycles. The Morgan fingerprint density at radius 1 is 1.00 bits per heavy atom. The molecule has 0 spiro atoms. The second-order valence-corrected chi connectivity index (χ2v) is 7.77. The molecule has 0 radical (unpaired) electrons.